The summed E-state index contributed by atoms with van der Waals surface area (Å²) in [6.45, 7) is 0. The maximum Gasteiger partial charge on any atom is 0.272 e. The number of carbonyl (C=O) groups excluding carboxylic acids is 1. The zero-order chi connectivity index (χ0) is 20.9. The van der Waals surface area contributed by atoms with Gasteiger partial charge in [-0.1, -0.05) is 48.0 Å². The third kappa shape index (κ3) is 4.16. The summed E-state index contributed by atoms with van der Waals surface area (Å²) in [7, 11) is 1.62. The average Bonchev–Trinajstić information content (AvgIpc) is 2.79. The van der Waals surface area contributed by atoms with Crippen LogP contribution in [0.1, 0.15) is 15.9 Å². The van der Waals surface area contributed by atoms with Crippen LogP contribution in [-0.2, 0) is 0 Å². The summed E-state index contributed by atoms with van der Waals surface area (Å²) in [4.78, 5) is 17.6. The van der Waals surface area contributed by atoms with E-state index in [4.69, 9.17) is 21.3 Å². The number of fused-ring (bicyclic) bond motifs is 1. The van der Waals surface area contributed by atoms with Crippen LogP contribution >= 0.6 is 11.6 Å². The molecule has 1 aromatic heterocycles. The highest BCUT2D eigenvalue weighted by Gasteiger charge is 2.13. The number of aromatic nitrogens is 1. The Kier molecular flexibility index (Phi) is 5.72. The fourth-order valence-corrected chi connectivity index (χ4v) is 3.26. The van der Waals surface area contributed by atoms with Crippen molar-refractivity contribution < 1.29 is 9.53 Å². The lowest BCUT2D eigenvalue weighted by molar-refractivity contribution is 0.0956. The van der Waals surface area contributed by atoms with Gasteiger partial charge in [-0.25, -0.2) is 10.4 Å². The monoisotopic (exact) mass is 415 g/mol. The molecular weight excluding hydrogens is 398 g/mol. The first-order valence-electron chi connectivity index (χ1n) is 9.28. The number of nitrogens with one attached hydrogen (secondary N) is 1. The van der Waals surface area contributed by atoms with E-state index in [1.165, 1.54) is 6.21 Å². The van der Waals surface area contributed by atoms with Crippen LogP contribution in [0.2, 0.25) is 5.02 Å². The van der Waals surface area contributed by atoms with Crippen LogP contribution in [-0.4, -0.2) is 24.2 Å². The highest BCUT2D eigenvalue weighted by molar-refractivity contribution is 6.33. The van der Waals surface area contributed by atoms with Gasteiger partial charge in [0.15, 0.2) is 0 Å². The molecule has 0 unspecified atom stereocenters. The van der Waals surface area contributed by atoms with Crippen molar-refractivity contribution in [1.82, 2.24) is 10.4 Å². The molecule has 0 radical (unpaired) electrons. The quantitative estimate of drug-likeness (QED) is 0.354. The van der Waals surface area contributed by atoms with Crippen molar-refractivity contribution in [2.75, 3.05) is 7.11 Å². The molecule has 1 amide bonds. The van der Waals surface area contributed by atoms with Crippen LogP contribution < -0.4 is 10.2 Å². The molecule has 3 aromatic carbocycles. The molecule has 0 bridgehead atoms. The Morgan fingerprint density at radius 2 is 1.77 bits per heavy atom. The molecule has 0 fully saturated rings. The fourth-order valence-electron chi connectivity index (χ4n) is 3.07. The maximum absolute atomic E-state index is 12.9. The fraction of sp³-hybridized carbons (Fsp3) is 0.0417. The number of methoxy groups -OCH3 is 1. The Labute approximate surface area is 179 Å². The van der Waals surface area contributed by atoms with E-state index in [9.17, 15) is 4.79 Å². The van der Waals surface area contributed by atoms with Crippen LogP contribution in [0.25, 0.3) is 22.2 Å². The number of hydrogen-bond acceptors (Lipinski definition) is 4. The van der Waals surface area contributed by atoms with Gasteiger partial charge in [0.25, 0.3) is 5.91 Å². The number of amides is 1. The molecule has 4 rings (SSSR count). The van der Waals surface area contributed by atoms with E-state index in [-0.39, 0.29) is 5.91 Å². The molecule has 0 aliphatic rings. The van der Waals surface area contributed by atoms with Gasteiger partial charge in [-0.2, -0.15) is 5.10 Å². The topological polar surface area (TPSA) is 63.6 Å². The molecule has 0 saturated carbocycles. The van der Waals surface area contributed by atoms with Crippen molar-refractivity contribution >= 4 is 34.6 Å². The van der Waals surface area contributed by atoms with Crippen molar-refractivity contribution in [2.45, 2.75) is 0 Å². The minimum atomic E-state index is -0.327. The predicted octanol–water partition coefficient (Wildman–Crippen LogP) is 5.33. The van der Waals surface area contributed by atoms with Crippen molar-refractivity contribution in [1.29, 1.82) is 0 Å². The second-order valence-corrected chi connectivity index (χ2v) is 6.93. The number of para-hydroxylation sites is 1. The smallest absolute Gasteiger partial charge is 0.272 e. The number of benzene rings is 3. The molecule has 0 aliphatic heterocycles. The summed E-state index contributed by atoms with van der Waals surface area (Å²) in [5.41, 5.74) is 6.10. The molecule has 4 aromatic rings. The van der Waals surface area contributed by atoms with Gasteiger partial charge in [0.1, 0.15) is 5.75 Å². The number of nitrogens with zero attached hydrogens (tertiary/aromatic N) is 2. The van der Waals surface area contributed by atoms with Gasteiger partial charge in [-0.3, -0.25) is 4.79 Å². The molecule has 0 aliphatic carbocycles. The van der Waals surface area contributed by atoms with Gasteiger partial charge in [-0.15, -0.1) is 0 Å². The van der Waals surface area contributed by atoms with Gasteiger partial charge in [0.2, 0.25) is 0 Å². The zero-order valence-corrected chi connectivity index (χ0v) is 16.9. The Morgan fingerprint density at radius 1 is 1.03 bits per heavy atom. The molecular formula is C24H18ClN3O2. The lowest BCUT2D eigenvalue weighted by Crippen LogP contribution is -2.18. The number of pyridine rings is 1. The molecule has 148 valence electrons. The summed E-state index contributed by atoms with van der Waals surface area (Å²) in [6.07, 6.45) is 1.52. The summed E-state index contributed by atoms with van der Waals surface area (Å²) < 4.78 is 5.22. The normalized spacial score (nSPS) is 11.0. The van der Waals surface area contributed by atoms with E-state index >= 15 is 0 Å². The van der Waals surface area contributed by atoms with E-state index in [0.717, 1.165) is 27.8 Å². The summed E-state index contributed by atoms with van der Waals surface area (Å²) in [6, 6.07) is 24.1. The predicted molar refractivity (Wildman–Crippen MR) is 120 cm³/mol. The molecule has 6 heteroatoms. The van der Waals surface area contributed by atoms with Crippen LogP contribution in [0.5, 0.6) is 5.75 Å². The van der Waals surface area contributed by atoms with Gasteiger partial charge in [0, 0.05) is 21.5 Å². The summed E-state index contributed by atoms with van der Waals surface area (Å²) >= 11 is 6.12. The van der Waals surface area contributed by atoms with E-state index in [0.29, 0.717) is 16.3 Å². The number of hydrazone groups is 1. The van der Waals surface area contributed by atoms with Crippen molar-refractivity contribution in [3.8, 4) is 17.0 Å². The van der Waals surface area contributed by atoms with Crippen LogP contribution in [0.15, 0.2) is 84.0 Å². The van der Waals surface area contributed by atoms with Gasteiger partial charge in [-0.05, 0) is 42.5 Å². The third-order valence-corrected chi connectivity index (χ3v) is 4.97. The van der Waals surface area contributed by atoms with E-state index in [1.54, 1.807) is 19.2 Å². The van der Waals surface area contributed by atoms with Crippen molar-refractivity contribution in [3.05, 3.63) is 95.0 Å². The third-order valence-electron chi connectivity index (χ3n) is 4.62. The Balaban J connectivity index is 1.68. The minimum absolute atomic E-state index is 0.327. The number of hydrogen-bond donors (Lipinski definition) is 1. The molecule has 0 spiro atoms. The van der Waals surface area contributed by atoms with Crippen LogP contribution in [0.3, 0.4) is 0 Å². The second kappa shape index (κ2) is 8.76. The SMILES string of the molecule is COc1ccc(-c2cc(C(=O)N/N=C\c3ccccc3Cl)c3ccccc3n2)cc1. The van der Waals surface area contributed by atoms with E-state index < -0.39 is 0 Å². The molecule has 30 heavy (non-hydrogen) atoms. The van der Waals surface area contributed by atoms with Crippen molar-refractivity contribution in [3.63, 3.8) is 0 Å². The number of ether oxygens (including phenoxy) is 1. The Hall–Kier alpha value is -3.70. The number of halogens is 1. The standard InChI is InChI=1S/C24H18ClN3O2/c1-30-18-12-10-16(11-13-18)23-14-20(19-7-3-5-9-22(19)27-23)24(29)28-26-15-17-6-2-4-8-21(17)25/h2-15H,1H3,(H,28,29)/b26-15-. The van der Waals surface area contributed by atoms with Crippen LogP contribution in [0.4, 0.5) is 0 Å². The first kappa shape index (κ1) is 19.6. The minimum Gasteiger partial charge on any atom is -0.497 e. The van der Waals surface area contributed by atoms with E-state index in [1.807, 2.05) is 66.7 Å². The van der Waals surface area contributed by atoms with Crippen molar-refractivity contribution in [2.24, 2.45) is 5.10 Å². The Bertz CT molecular complexity index is 1240. The summed E-state index contributed by atoms with van der Waals surface area (Å²) in [5.74, 6) is 0.429. The van der Waals surface area contributed by atoms with Gasteiger partial charge >= 0.3 is 0 Å². The number of rotatable bonds is 5. The first-order valence-corrected chi connectivity index (χ1v) is 9.65. The van der Waals surface area contributed by atoms with E-state index in [2.05, 4.69) is 10.5 Å². The largest absolute Gasteiger partial charge is 0.497 e. The molecule has 5 nitrogen and oxygen atoms in total. The summed E-state index contributed by atoms with van der Waals surface area (Å²) in [5, 5.41) is 5.38. The molecule has 1 N–H and O–H groups in total. The molecule has 1 heterocycles. The Morgan fingerprint density at radius 3 is 2.53 bits per heavy atom. The zero-order valence-electron chi connectivity index (χ0n) is 16.2. The van der Waals surface area contributed by atoms with Crippen LogP contribution in [0, 0.1) is 0 Å². The number of carbonyl (C=O) groups is 1. The lowest BCUT2D eigenvalue weighted by atomic mass is 10.0. The highest BCUT2D eigenvalue weighted by Crippen LogP contribution is 2.26. The van der Waals surface area contributed by atoms with Gasteiger partial charge in [0.05, 0.1) is 30.1 Å². The molecule has 0 atom stereocenters. The van der Waals surface area contributed by atoms with Gasteiger partial charge < -0.3 is 4.74 Å². The highest BCUT2D eigenvalue weighted by atomic mass is 35.5. The second-order valence-electron chi connectivity index (χ2n) is 6.52. The molecule has 0 saturated heterocycles. The average molecular weight is 416 g/mol. The maximum atomic E-state index is 12.9. The first-order chi connectivity index (χ1) is 14.7. The lowest BCUT2D eigenvalue weighted by Gasteiger charge is -2.09.